The molecule has 0 atom stereocenters. The highest BCUT2D eigenvalue weighted by Gasteiger charge is 2.23. The fourth-order valence-corrected chi connectivity index (χ4v) is 3.22. The summed E-state index contributed by atoms with van der Waals surface area (Å²) >= 11 is 0. The Hall–Kier alpha value is -3.44. The van der Waals surface area contributed by atoms with Gasteiger partial charge < -0.3 is 9.64 Å². The summed E-state index contributed by atoms with van der Waals surface area (Å²) in [4.78, 5) is 41.4. The van der Waals surface area contributed by atoms with Crippen LogP contribution in [0.25, 0.3) is 10.8 Å². The number of nitriles is 1. The van der Waals surface area contributed by atoms with Gasteiger partial charge in [-0.15, -0.1) is 0 Å². The van der Waals surface area contributed by atoms with E-state index in [1.807, 2.05) is 27.7 Å². The van der Waals surface area contributed by atoms with Crippen molar-refractivity contribution in [2.24, 2.45) is 0 Å². The van der Waals surface area contributed by atoms with Gasteiger partial charge in [-0.3, -0.25) is 19.4 Å². The fourth-order valence-electron chi connectivity index (χ4n) is 3.22. The van der Waals surface area contributed by atoms with E-state index in [4.69, 9.17) is 4.74 Å². The van der Waals surface area contributed by atoms with Crippen molar-refractivity contribution in [2.45, 2.75) is 33.3 Å². The predicted molar refractivity (Wildman–Crippen MR) is 123 cm³/mol. The molecular formula is C24H30N4O4. The lowest BCUT2D eigenvalue weighted by molar-refractivity contribution is -0.122. The van der Waals surface area contributed by atoms with Crippen LogP contribution in [-0.2, 0) is 14.3 Å². The molecule has 2 aromatic rings. The van der Waals surface area contributed by atoms with E-state index >= 15 is 0 Å². The van der Waals surface area contributed by atoms with E-state index in [9.17, 15) is 19.6 Å². The van der Waals surface area contributed by atoms with E-state index in [1.54, 1.807) is 53.2 Å². The van der Waals surface area contributed by atoms with Gasteiger partial charge in [-0.1, -0.05) is 24.3 Å². The smallest absolute Gasteiger partial charge is 0.410 e. The van der Waals surface area contributed by atoms with E-state index < -0.39 is 17.6 Å². The van der Waals surface area contributed by atoms with Crippen LogP contribution < -0.4 is 4.90 Å². The average Bonchev–Trinajstić information content (AvgIpc) is 2.73. The Morgan fingerprint density at radius 1 is 1.09 bits per heavy atom. The van der Waals surface area contributed by atoms with Crippen LogP contribution in [0.2, 0.25) is 0 Å². The molecule has 0 fully saturated rings. The Labute approximate surface area is 188 Å². The van der Waals surface area contributed by atoms with Gasteiger partial charge in [0.2, 0.25) is 12.3 Å². The van der Waals surface area contributed by atoms with Crippen molar-refractivity contribution in [2.75, 3.05) is 38.1 Å². The number of likely N-dealkylation sites (N-methyl/N-ethyl adjacent to an activating group) is 2. The molecule has 32 heavy (non-hydrogen) atoms. The van der Waals surface area contributed by atoms with Gasteiger partial charge in [0.05, 0.1) is 23.9 Å². The molecule has 0 aliphatic carbocycles. The SMILES string of the molecule is CCN(CCN(C)CC(=O)N(C=O)c1ccc(C#N)c2ccccc12)C(=O)OC(C)(C)C. The van der Waals surface area contributed by atoms with E-state index in [-0.39, 0.29) is 6.54 Å². The number of benzene rings is 2. The number of amides is 3. The molecule has 0 aromatic heterocycles. The standard InChI is InChI=1S/C24H30N4O4/c1-6-27(23(31)32-24(2,3)4)14-13-26(5)16-22(30)28(17-29)21-12-11-18(15-25)19-9-7-8-10-20(19)21/h7-12,17H,6,13-14,16H2,1-5H3. The molecule has 0 unspecified atom stereocenters. The Kier molecular flexibility index (Phi) is 8.33. The number of nitrogens with zero attached hydrogens (tertiary/aromatic N) is 4. The number of carbonyl (C=O) groups excluding carboxylic acids is 3. The molecular weight excluding hydrogens is 408 g/mol. The molecule has 0 aliphatic heterocycles. The van der Waals surface area contributed by atoms with Crippen LogP contribution in [0.4, 0.5) is 10.5 Å². The highest BCUT2D eigenvalue weighted by molar-refractivity contribution is 6.14. The highest BCUT2D eigenvalue weighted by atomic mass is 16.6. The molecule has 2 rings (SSSR count). The molecule has 0 spiro atoms. The summed E-state index contributed by atoms with van der Waals surface area (Å²) in [6.07, 6.45) is 0.0848. The average molecular weight is 439 g/mol. The lowest BCUT2D eigenvalue weighted by atomic mass is 10.0. The first kappa shape index (κ1) is 24.8. The number of fused-ring (bicyclic) bond motifs is 1. The van der Waals surface area contributed by atoms with E-state index in [0.717, 1.165) is 4.90 Å². The topological polar surface area (TPSA) is 94.0 Å². The third-order valence-corrected chi connectivity index (χ3v) is 4.85. The van der Waals surface area contributed by atoms with Crippen molar-refractivity contribution in [3.63, 3.8) is 0 Å². The summed E-state index contributed by atoms with van der Waals surface area (Å²) in [5, 5.41) is 10.7. The lowest BCUT2D eigenvalue weighted by Crippen LogP contribution is -2.43. The molecule has 0 heterocycles. The largest absolute Gasteiger partial charge is 0.444 e. The maximum Gasteiger partial charge on any atom is 0.410 e. The van der Waals surface area contributed by atoms with Crippen LogP contribution in [0.15, 0.2) is 36.4 Å². The van der Waals surface area contributed by atoms with Crippen LogP contribution in [0.5, 0.6) is 0 Å². The van der Waals surface area contributed by atoms with E-state index in [1.165, 1.54) is 0 Å². The van der Waals surface area contributed by atoms with Crippen molar-refractivity contribution < 1.29 is 19.1 Å². The number of hydrogen-bond acceptors (Lipinski definition) is 6. The van der Waals surface area contributed by atoms with Gasteiger partial charge in [0.1, 0.15) is 5.60 Å². The minimum absolute atomic E-state index is 0.0149. The summed E-state index contributed by atoms with van der Waals surface area (Å²) < 4.78 is 5.40. The molecule has 0 N–H and O–H groups in total. The third kappa shape index (κ3) is 6.28. The molecule has 8 nitrogen and oxygen atoms in total. The van der Waals surface area contributed by atoms with Crippen molar-refractivity contribution in [3.8, 4) is 6.07 Å². The van der Waals surface area contributed by atoms with Crippen molar-refractivity contribution in [1.82, 2.24) is 9.80 Å². The van der Waals surface area contributed by atoms with Gasteiger partial charge in [-0.2, -0.15) is 5.26 Å². The molecule has 0 aliphatic rings. The first-order valence-electron chi connectivity index (χ1n) is 10.5. The summed E-state index contributed by atoms with van der Waals surface area (Å²) in [6, 6.07) is 12.5. The second-order valence-electron chi connectivity index (χ2n) is 8.46. The number of rotatable bonds is 8. The van der Waals surface area contributed by atoms with Gasteiger partial charge in [-0.05, 0) is 46.9 Å². The molecule has 0 bridgehead atoms. The second kappa shape index (κ2) is 10.7. The van der Waals surface area contributed by atoms with E-state index in [0.29, 0.717) is 48.1 Å². The van der Waals surface area contributed by atoms with Crippen molar-refractivity contribution in [1.29, 1.82) is 5.26 Å². The zero-order valence-corrected chi connectivity index (χ0v) is 19.3. The minimum Gasteiger partial charge on any atom is -0.444 e. The van der Waals surface area contributed by atoms with Gasteiger partial charge in [-0.25, -0.2) is 4.79 Å². The normalized spacial score (nSPS) is 11.2. The number of ether oxygens (including phenoxy) is 1. The van der Waals surface area contributed by atoms with Gasteiger partial charge in [0.25, 0.3) is 0 Å². The molecule has 0 saturated carbocycles. The molecule has 8 heteroatoms. The van der Waals surface area contributed by atoms with Crippen molar-refractivity contribution >= 4 is 34.9 Å². The Bertz CT molecular complexity index is 1020. The minimum atomic E-state index is -0.583. The van der Waals surface area contributed by atoms with Gasteiger partial charge in [0.15, 0.2) is 0 Å². The molecule has 170 valence electrons. The van der Waals surface area contributed by atoms with Crippen LogP contribution in [0.1, 0.15) is 33.3 Å². The first-order valence-corrected chi connectivity index (χ1v) is 10.5. The van der Waals surface area contributed by atoms with Crippen LogP contribution in [-0.4, -0.2) is 67.0 Å². The fraction of sp³-hybridized carbons (Fsp3) is 0.417. The summed E-state index contributed by atoms with van der Waals surface area (Å²) in [5.41, 5.74) is 0.319. The number of hydrogen-bond donors (Lipinski definition) is 0. The van der Waals surface area contributed by atoms with Gasteiger partial charge in [0, 0.05) is 30.4 Å². The maximum atomic E-state index is 12.9. The Morgan fingerprint density at radius 3 is 2.31 bits per heavy atom. The number of imide groups is 1. The molecule has 0 radical (unpaired) electrons. The summed E-state index contributed by atoms with van der Waals surface area (Å²) in [7, 11) is 1.75. The van der Waals surface area contributed by atoms with Crippen LogP contribution in [0.3, 0.4) is 0 Å². The van der Waals surface area contributed by atoms with E-state index in [2.05, 4.69) is 6.07 Å². The molecule has 0 saturated heterocycles. The second-order valence-corrected chi connectivity index (χ2v) is 8.46. The number of carbonyl (C=O) groups is 3. The first-order chi connectivity index (χ1) is 15.1. The summed E-state index contributed by atoms with van der Waals surface area (Å²) in [6.45, 7) is 8.57. The molecule has 3 amide bonds. The zero-order valence-electron chi connectivity index (χ0n) is 19.3. The third-order valence-electron chi connectivity index (χ3n) is 4.85. The molecule has 2 aromatic carbocycles. The lowest BCUT2D eigenvalue weighted by Gasteiger charge is -2.28. The monoisotopic (exact) mass is 438 g/mol. The van der Waals surface area contributed by atoms with Gasteiger partial charge >= 0.3 is 6.09 Å². The summed E-state index contributed by atoms with van der Waals surface area (Å²) in [5.74, 6) is -0.405. The predicted octanol–water partition coefficient (Wildman–Crippen LogP) is 3.39. The Balaban J connectivity index is 2.09. The quantitative estimate of drug-likeness (QED) is 0.587. The van der Waals surface area contributed by atoms with Crippen LogP contribution in [0, 0.1) is 11.3 Å². The number of anilines is 1. The zero-order chi connectivity index (χ0) is 23.9. The Morgan fingerprint density at radius 2 is 1.75 bits per heavy atom. The maximum absolute atomic E-state index is 12.9. The highest BCUT2D eigenvalue weighted by Crippen LogP contribution is 2.29. The van der Waals surface area contributed by atoms with Crippen LogP contribution >= 0.6 is 0 Å². The van der Waals surface area contributed by atoms with Crippen molar-refractivity contribution in [3.05, 3.63) is 42.0 Å².